The van der Waals surface area contributed by atoms with Crippen molar-refractivity contribution in [3.8, 4) is 5.75 Å². The maximum atomic E-state index is 11.5. The lowest BCUT2D eigenvalue weighted by Crippen LogP contribution is -2.24. The van der Waals surface area contributed by atoms with Crippen molar-refractivity contribution in [3.63, 3.8) is 0 Å². The molecule has 6 nitrogen and oxygen atoms in total. The fraction of sp³-hybridized carbons (Fsp3) is 0.357. The van der Waals surface area contributed by atoms with E-state index >= 15 is 0 Å². The van der Waals surface area contributed by atoms with Crippen molar-refractivity contribution in [2.24, 2.45) is 0 Å². The molecular weight excluding hydrogens is 326 g/mol. The predicted octanol–water partition coefficient (Wildman–Crippen LogP) is 2.64. The summed E-state index contributed by atoms with van der Waals surface area (Å²) in [6, 6.07) is 6.99. The second-order valence-corrected chi connectivity index (χ2v) is 6.37. The van der Waals surface area contributed by atoms with Crippen LogP contribution in [0.1, 0.15) is 16.8 Å². The number of benzene rings is 1. The van der Waals surface area contributed by atoms with Crippen LogP contribution in [0.5, 0.6) is 5.75 Å². The van der Waals surface area contributed by atoms with Gasteiger partial charge < -0.3 is 14.4 Å². The van der Waals surface area contributed by atoms with Crippen LogP contribution < -0.4 is 9.64 Å². The van der Waals surface area contributed by atoms with Crippen LogP contribution in [0.4, 0.5) is 5.13 Å². The van der Waals surface area contributed by atoms with Gasteiger partial charge in [0.05, 0.1) is 19.2 Å². The van der Waals surface area contributed by atoms with E-state index < -0.39 is 0 Å². The van der Waals surface area contributed by atoms with Gasteiger partial charge in [-0.1, -0.05) is 17.4 Å². The number of anilines is 1. The Bertz CT molecular complexity index is 679. The molecule has 0 aliphatic carbocycles. The zero-order valence-corrected chi connectivity index (χ0v) is 13.4. The summed E-state index contributed by atoms with van der Waals surface area (Å²) in [5.74, 6) is 0.284. The largest absolute Gasteiger partial charge is 0.488 e. The molecule has 1 aliphatic rings. The van der Waals surface area contributed by atoms with Crippen molar-refractivity contribution in [1.82, 2.24) is 10.2 Å². The summed E-state index contributed by atoms with van der Waals surface area (Å²) in [5, 5.41) is 8.65. The van der Waals surface area contributed by atoms with Gasteiger partial charge in [-0.25, -0.2) is 4.79 Å². The van der Waals surface area contributed by atoms with Gasteiger partial charge in [-0.3, -0.25) is 0 Å². The quantitative estimate of drug-likeness (QED) is 0.798. The summed E-state index contributed by atoms with van der Waals surface area (Å²) in [7, 11) is 1.36. The first-order chi connectivity index (χ1) is 10.7. The third-order valence-electron chi connectivity index (χ3n) is 3.36. The summed E-state index contributed by atoms with van der Waals surface area (Å²) in [6.07, 6.45) is 0.912. The molecule has 0 saturated carbocycles. The molecule has 1 atom stereocenters. The van der Waals surface area contributed by atoms with Crippen LogP contribution in [0, 0.1) is 0 Å². The predicted molar refractivity (Wildman–Crippen MR) is 83.9 cm³/mol. The molecule has 3 rings (SSSR count). The van der Waals surface area contributed by atoms with Gasteiger partial charge in [0, 0.05) is 13.0 Å². The highest BCUT2D eigenvalue weighted by Crippen LogP contribution is 2.28. The van der Waals surface area contributed by atoms with Crippen molar-refractivity contribution in [3.05, 3.63) is 34.3 Å². The number of carbonyl (C=O) groups is 1. The average molecular weight is 340 g/mol. The van der Waals surface area contributed by atoms with Crippen LogP contribution >= 0.6 is 22.9 Å². The van der Waals surface area contributed by atoms with Crippen molar-refractivity contribution in [2.45, 2.75) is 12.5 Å². The molecule has 2 heterocycles. The molecule has 1 unspecified atom stereocenters. The lowest BCUT2D eigenvalue weighted by molar-refractivity contribution is 0.0600. The molecule has 0 bridgehead atoms. The van der Waals surface area contributed by atoms with Crippen molar-refractivity contribution in [2.75, 3.05) is 25.1 Å². The van der Waals surface area contributed by atoms with Crippen molar-refractivity contribution >= 4 is 34.0 Å². The van der Waals surface area contributed by atoms with Crippen LogP contribution in [0.3, 0.4) is 0 Å². The molecular formula is C14H14ClN3O3S. The smallest absolute Gasteiger partial charge is 0.337 e. The standard InChI is InChI=1S/C14H14ClN3O3S/c1-20-12(19)9-3-2-4-10(7-9)21-11-5-6-18(8-11)14-17-16-13(15)22-14/h2-4,7,11H,5-6,8H2,1H3. The Morgan fingerprint density at radius 1 is 1.45 bits per heavy atom. The van der Waals surface area contributed by atoms with Crippen LogP contribution in [-0.4, -0.2) is 42.5 Å². The molecule has 1 saturated heterocycles. The first-order valence-corrected chi connectivity index (χ1v) is 7.94. The summed E-state index contributed by atoms with van der Waals surface area (Å²) >= 11 is 7.16. The topological polar surface area (TPSA) is 64.6 Å². The molecule has 0 spiro atoms. The highest BCUT2D eigenvalue weighted by atomic mass is 35.5. The molecule has 0 amide bonds. The molecule has 22 heavy (non-hydrogen) atoms. The van der Waals surface area contributed by atoms with E-state index in [-0.39, 0.29) is 12.1 Å². The second-order valence-electron chi connectivity index (χ2n) is 4.83. The Labute approximate surface area is 136 Å². The van der Waals surface area contributed by atoms with E-state index in [2.05, 4.69) is 15.1 Å². The van der Waals surface area contributed by atoms with Crippen LogP contribution in [-0.2, 0) is 4.74 Å². The molecule has 1 aromatic heterocycles. The summed E-state index contributed by atoms with van der Waals surface area (Å²) in [5.41, 5.74) is 0.478. The first-order valence-electron chi connectivity index (χ1n) is 6.74. The Morgan fingerprint density at radius 3 is 3.05 bits per heavy atom. The number of ether oxygens (including phenoxy) is 2. The lowest BCUT2D eigenvalue weighted by Gasteiger charge is -2.16. The number of rotatable bonds is 4. The molecule has 8 heteroatoms. The van der Waals surface area contributed by atoms with Crippen LogP contribution in [0.25, 0.3) is 0 Å². The van der Waals surface area contributed by atoms with Gasteiger partial charge in [0.15, 0.2) is 0 Å². The normalized spacial score (nSPS) is 17.5. The number of aromatic nitrogens is 2. The lowest BCUT2D eigenvalue weighted by atomic mass is 10.2. The molecule has 1 aromatic carbocycles. The minimum atomic E-state index is -0.373. The molecule has 116 valence electrons. The highest BCUT2D eigenvalue weighted by Gasteiger charge is 2.26. The molecule has 0 N–H and O–H groups in total. The van der Waals surface area contributed by atoms with Gasteiger partial charge in [-0.05, 0) is 29.8 Å². The number of esters is 1. The van der Waals surface area contributed by atoms with E-state index in [0.29, 0.717) is 22.3 Å². The summed E-state index contributed by atoms with van der Waals surface area (Å²) < 4.78 is 11.1. The Morgan fingerprint density at radius 2 is 2.32 bits per heavy atom. The third-order valence-corrected chi connectivity index (χ3v) is 4.44. The summed E-state index contributed by atoms with van der Waals surface area (Å²) in [4.78, 5) is 13.6. The minimum Gasteiger partial charge on any atom is -0.488 e. The molecule has 2 aromatic rings. The zero-order chi connectivity index (χ0) is 15.5. The van der Waals surface area contributed by atoms with Gasteiger partial charge in [0.1, 0.15) is 11.9 Å². The number of methoxy groups -OCH3 is 1. The minimum absolute atomic E-state index is 0.0376. The molecule has 1 aliphatic heterocycles. The fourth-order valence-corrected chi connectivity index (χ4v) is 3.18. The number of hydrogen-bond donors (Lipinski definition) is 0. The van der Waals surface area contributed by atoms with Gasteiger partial charge in [0.2, 0.25) is 9.60 Å². The van der Waals surface area contributed by atoms with E-state index in [9.17, 15) is 4.79 Å². The summed E-state index contributed by atoms with van der Waals surface area (Å²) in [6.45, 7) is 1.56. The average Bonchev–Trinajstić information content (AvgIpc) is 3.15. The highest BCUT2D eigenvalue weighted by molar-refractivity contribution is 7.19. The Hall–Kier alpha value is -1.86. The van der Waals surface area contributed by atoms with Gasteiger partial charge in [0.25, 0.3) is 0 Å². The Kier molecular flexibility index (Phi) is 4.44. The number of hydrogen-bond acceptors (Lipinski definition) is 7. The third kappa shape index (κ3) is 3.31. The fourth-order valence-electron chi connectivity index (χ4n) is 2.33. The number of halogens is 1. The maximum Gasteiger partial charge on any atom is 0.337 e. The van der Waals surface area contributed by atoms with Gasteiger partial charge in [-0.2, -0.15) is 0 Å². The monoisotopic (exact) mass is 339 g/mol. The SMILES string of the molecule is COC(=O)c1cccc(OC2CCN(c3nnc(Cl)s3)C2)c1. The van der Waals surface area contributed by atoms with E-state index in [1.807, 2.05) is 6.07 Å². The number of nitrogens with zero attached hydrogens (tertiary/aromatic N) is 3. The van der Waals surface area contributed by atoms with Crippen LogP contribution in [0.15, 0.2) is 24.3 Å². The number of carbonyl (C=O) groups excluding carboxylic acids is 1. The van der Waals surface area contributed by atoms with Crippen molar-refractivity contribution in [1.29, 1.82) is 0 Å². The first kappa shape index (κ1) is 15.1. The van der Waals surface area contributed by atoms with Crippen LogP contribution in [0.2, 0.25) is 4.47 Å². The maximum absolute atomic E-state index is 11.5. The second kappa shape index (κ2) is 6.50. The van der Waals surface area contributed by atoms with E-state index in [0.717, 1.165) is 18.1 Å². The van der Waals surface area contributed by atoms with E-state index in [4.69, 9.17) is 21.1 Å². The zero-order valence-electron chi connectivity index (χ0n) is 11.9. The Balaban J connectivity index is 1.64. The molecule has 0 radical (unpaired) electrons. The van der Waals surface area contributed by atoms with Crippen molar-refractivity contribution < 1.29 is 14.3 Å². The van der Waals surface area contributed by atoms with E-state index in [1.54, 1.807) is 18.2 Å². The van der Waals surface area contributed by atoms with Gasteiger partial charge >= 0.3 is 5.97 Å². The van der Waals surface area contributed by atoms with E-state index in [1.165, 1.54) is 18.4 Å². The van der Waals surface area contributed by atoms with Gasteiger partial charge in [-0.15, -0.1) is 10.2 Å². The molecule has 1 fully saturated rings.